The van der Waals surface area contributed by atoms with Gasteiger partial charge < -0.3 is 14.2 Å². The van der Waals surface area contributed by atoms with Crippen LogP contribution < -0.4 is 0 Å². The largest absolute Gasteiger partial charge is 0.380 e. The Bertz CT molecular complexity index is 556. The van der Waals surface area contributed by atoms with Crippen molar-refractivity contribution in [3.63, 3.8) is 0 Å². The van der Waals surface area contributed by atoms with E-state index in [1.807, 2.05) is 0 Å². The van der Waals surface area contributed by atoms with Gasteiger partial charge in [-0.05, 0) is 33.0 Å². The van der Waals surface area contributed by atoms with Crippen LogP contribution in [0.2, 0.25) is 0 Å². The van der Waals surface area contributed by atoms with Crippen molar-refractivity contribution in [2.45, 2.75) is 26.4 Å². The van der Waals surface area contributed by atoms with E-state index in [0.717, 1.165) is 0 Å². The highest BCUT2D eigenvalue weighted by atomic mass is 16.5. The smallest absolute Gasteiger partial charge is 0.0727 e. The molecule has 1 aliphatic rings. The SMILES string of the molecule is COCc1ccc2c3c(ccc(COC)c13)COC2. The number of hydrogen-bond donors (Lipinski definition) is 0. The van der Waals surface area contributed by atoms with Crippen LogP contribution in [0.3, 0.4) is 0 Å². The van der Waals surface area contributed by atoms with Gasteiger partial charge >= 0.3 is 0 Å². The van der Waals surface area contributed by atoms with Gasteiger partial charge in [0.05, 0.1) is 26.4 Å². The molecule has 3 nitrogen and oxygen atoms in total. The molecule has 2 aromatic rings. The summed E-state index contributed by atoms with van der Waals surface area (Å²) >= 11 is 0. The molecule has 0 bridgehead atoms. The summed E-state index contributed by atoms with van der Waals surface area (Å²) in [5, 5.41) is 2.61. The molecule has 1 heterocycles. The molecule has 0 N–H and O–H groups in total. The maximum Gasteiger partial charge on any atom is 0.0727 e. The van der Waals surface area contributed by atoms with Crippen LogP contribution in [0, 0.1) is 0 Å². The second-order valence-electron chi connectivity index (χ2n) is 4.88. The van der Waals surface area contributed by atoms with Crippen molar-refractivity contribution in [3.8, 4) is 0 Å². The minimum Gasteiger partial charge on any atom is -0.380 e. The fraction of sp³-hybridized carbons (Fsp3) is 0.375. The molecular weight excluding hydrogens is 240 g/mol. The van der Waals surface area contributed by atoms with E-state index in [0.29, 0.717) is 26.4 Å². The molecule has 0 unspecified atom stereocenters. The van der Waals surface area contributed by atoms with Crippen LogP contribution >= 0.6 is 0 Å². The van der Waals surface area contributed by atoms with Crippen molar-refractivity contribution in [3.05, 3.63) is 46.5 Å². The molecule has 3 rings (SSSR count). The van der Waals surface area contributed by atoms with Crippen LogP contribution in [-0.4, -0.2) is 14.2 Å². The summed E-state index contributed by atoms with van der Waals surface area (Å²) in [6.45, 7) is 2.62. The highest BCUT2D eigenvalue weighted by Gasteiger charge is 2.17. The fourth-order valence-corrected chi connectivity index (χ4v) is 2.85. The van der Waals surface area contributed by atoms with Gasteiger partial charge in [0.15, 0.2) is 0 Å². The normalized spacial score (nSPS) is 14.0. The van der Waals surface area contributed by atoms with Crippen molar-refractivity contribution in [2.75, 3.05) is 14.2 Å². The van der Waals surface area contributed by atoms with E-state index in [2.05, 4.69) is 24.3 Å². The van der Waals surface area contributed by atoms with Gasteiger partial charge in [0, 0.05) is 14.2 Å². The molecule has 0 fully saturated rings. The number of ether oxygens (including phenoxy) is 3. The summed E-state index contributed by atoms with van der Waals surface area (Å²) in [5.74, 6) is 0. The van der Waals surface area contributed by atoms with Crippen molar-refractivity contribution in [1.29, 1.82) is 0 Å². The minimum atomic E-state index is 0.623. The number of hydrogen-bond acceptors (Lipinski definition) is 3. The molecule has 19 heavy (non-hydrogen) atoms. The van der Waals surface area contributed by atoms with Crippen molar-refractivity contribution in [1.82, 2.24) is 0 Å². The molecule has 0 saturated carbocycles. The molecule has 0 saturated heterocycles. The van der Waals surface area contributed by atoms with E-state index in [4.69, 9.17) is 14.2 Å². The third kappa shape index (κ3) is 2.14. The highest BCUT2D eigenvalue weighted by Crippen LogP contribution is 2.34. The van der Waals surface area contributed by atoms with Gasteiger partial charge in [-0.3, -0.25) is 0 Å². The van der Waals surface area contributed by atoms with Gasteiger partial charge in [-0.25, -0.2) is 0 Å². The summed E-state index contributed by atoms with van der Waals surface area (Å²) in [6, 6.07) is 8.57. The lowest BCUT2D eigenvalue weighted by molar-refractivity contribution is 0.103. The van der Waals surface area contributed by atoms with Gasteiger partial charge in [0.2, 0.25) is 0 Å². The van der Waals surface area contributed by atoms with Crippen molar-refractivity contribution in [2.24, 2.45) is 0 Å². The van der Waals surface area contributed by atoms with Crippen molar-refractivity contribution >= 4 is 10.8 Å². The van der Waals surface area contributed by atoms with Gasteiger partial charge in [-0.2, -0.15) is 0 Å². The van der Waals surface area contributed by atoms with E-state index in [-0.39, 0.29) is 0 Å². The zero-order valence-corrected chi connectivity index (χ0v) is 11.4. The summed E-state index contributed by atoms with van der Waals surface area (Å²) in [6.07, 6.45) is 0. The standard InChI is InChI=1S/C16H18O3/c1-17-7-11-3-5-13-9-19-10-14-6-4-12(8-18-2)15(11)16(13)14/h3-6H,7-10H2,1-2H3. The molecule has 0 aromatic heterocycles. The minimum absolute atomic E-state index is 0.623. The molecule has 1 aliphatic heterocycles. The maximum absolute atomic E-state index is 5.62. The van der Waals surface area contributed by atoms with E-state index >= 15 is 0 Å². The molecule has 0 amide bonds. The summed E-state index contributed by atoms with van der Waals surface area (Å²) < 4.78 is 16.3. The average molecular weight is 258 g/mol. The van der Waals surface area contributed by atoms with Crippen LogP contribution in [0.15, 0.2) is 24.3 Å². The first-order chi connectivity index (χ1) is 9.35. The van der Waals surface area contributed by atoms with Crippen LogP contribution in [0.1, 0.15) is 22.3 Å². The van der Waals surface area contributed by atoms with Gasteiger partial charge in [0.1, 0.15) is 0 Å². The monoisotopic (exact) mass is 258 g/mol. The highest BCUT2D eigenvalue weighted by molar-refractivity contribution is 5.94. The van der Waals surface area contributed by atoms with Crippen LogP contribution in [0.5, 0.6) is 0 Å². The Balaban J connectivity index is 2.30. The van der Waals surface area contributed by atoms with E-state index < -0.39 is 0 Å². The maximum atomic E-state index is 5.62. The molecular formula is C16H18O3. The molecule has 0 aliphatic carbocycles. The molecule has 2 aromatic carbocycles. The summed E-state index contributed by atoms with van der Waals surface area (Å²) in [5.41, 5.74) is 4.96. The van der Waals surface area contributed by atoms with E-state index in [1.165, 1.54) is 33.0 Å². The Hall–Kier alpha value is -1.42. The summed E-state index contributed by atoms with van der Waals surface area (Å²) in [4.78, 5) is 0. The Morgan fingerprint density at radius 2 is 1.37 bits per heavy atom. The first kappa shape index (κ1) is 12.6. The van der Waals surface area contributed by atoms with Gasteiger partial charge in [-0.1, -0.05) is 24.3 Å². The molecule has 0 radical (unpaired) electrons. The lowest BCUT2D eigenvalue weighted by Gasteiger charge is -2.21. The predicted octanol–water partition coefficient (Wildman–Crippen LogP) is 3.16. The third-order valence-corrected chi connectivity index (χ3v) is 3.62. The zero-order valence-electron chi connectivity index (χ0n) is 11.4. The average Bonchev–Trinajstić information content (AvgIpc) is 2.44. The number of benzene rings is 2. The van der Waals surface area contributed by atoms with E-state index in [1.54, 1.807) is 14.2 Å². The van der Waals surface area contributed by atoms with Gasteiger partial charge in [-0.15, -0.1) is 0 Å². The van der Waals surface area contributed by atoms with Crippen LogP contribution in [-0.2, 0) is 40.6 Å². The van der Waals surface area contributed by atoms with Gasteiger partial charge in [0.25, 0.3) is 0 Å². The third-order valence-electron chi connectivity index (χ3n) is 3.62. The topological polar surface area (TPSA) is 27.7 Å². The first-order valence-corrected chi connectivity index (χ1v) is 6.46. The molecule has 100 valence electrons. The Kier molecular flexibility index (Phi) is 3.51. The summed E-state index contributed by atoms with van der Waals surface area (Å²) in [7, 11) is 3.46. The second kappa shape index (κ2) is 5.29. The zero-order chi connectivity index (χ0) is 13.2. The van der Waals surface area contributed by atoms with Crippen LogP contribution in [0.25, 0.3) is 10.8 Å². The molecule has 3 heteroatoms. The first-order valence-electron chi connectivity index (χ1n) is 6.46. The second-order valence-corrected chi connectivity index (χ2v) is 4.88. The van der Waals surface area contributed by atoms with Crippen LogP contribution in [0.4, 0.5) is 0 Å². The lowest BCUT2D eigenvalue weighted by atomic mass is 9.91. The quantitative estimate of drug-likeness (QED) is 0.843. The lowest BCUT2D eigenvalue weighted by Crippen LogP contribution is -2.07. The fourth-order valence-electron chi connectivity index (χ4n) is 2.85. The number of rotatable bonds is 4. The predicted molar refractivity (Wildman–Crippen MR) is 73.9 cm³/mol. The Morgan fingerprint density at radius 1 is 0.842 bits per heavy atom. The molecule has 0 atom stereocenters. The van der Waals surface area contributed by atoms with E-state index in [9.17, 15) is 0 Å². The number of methoxy groups -OCH3 is 2. The molecule has 0 spiro atoms. The Labute approximate surface area is 113 Å². The van der Waals surface area contributed by atoms with Crippen molar-refractivity contribution < 1.29 is 14.2 Å². The Morgan fingerprint density at radius 3 is 1.84 bits per heavy atom.